The fourth-order valence-corrected chi connectivity index (χ4v) is 1.87. The molecule has 23 heavy (non-hydrogen) atoms. The van der Waals surface area contributed by atoms with E-state index in [1.54, 1.807) is 18.2 Å². The van der Waals surface area contributed by atoms with Crippen molar-refractivity contribution in [1.82, 2.24) is 0 Å². The van der Waals surface area contributed by atoms with Crippen molar-refractivity contribution in [2.24, 2.45) is 5.41 Å². The van der Waals surface area contributed by atoms with E-state index in [-0.39, 0.29) is 6.61 Å². The van der Waals surface area contributed by atoms with Crippen LogP contribution in [0.1, 0.15) is 13.3 Å². The highest BCUT2D eigenvalue weighted by Crippen LogP contribution is 2.53. The predicted octanol–water partition coefficient (Wildman–Crippen LogP) is 4.13. The summed E-state index contributed by atoms with van der Waals surface area (Å²) in [5, 5.41) is 0. The Morgan fingerprint density at radius 2 is 1.48 bits per heavy atom. The zero-order chi connectivity index (χ0) is 17.7. The molecule has 0 saturated heterocycles. The molecule has 0 atom stereocenters. The molecule has 0 unspecified atom stereocenters. The van der Waals surface area contributed by atoms with Gasteiger partial charge in [0.15, 0.2) is 0 Å². The third-order valence-corrected chi connectivity index (χ3v) is 3.18. The Labute approximate surface area is 128 Å². The average molecular weight is 344 g/mol. The smallest absolute Gasteiger partial charge is 0.413 e. The number of carbonyl (C=O) groups excluding carboxylic acids is 1. The van der Waals surface area contributed by atoms with Crippen LogP contribution in [-0.2, 0) is 9.53 Å². The lowest BCUT2D eigenvalue weighted by Crippen LogP contribution is -2.56. The molecule has 0 N–H and O–H groups in total. The molecule has 1 aromatic carbocycles. The van der Waals surface area contributed by atoms with Crippen molar-refractivity contribution in [2.45, 2.75) is 25.7 Å². The van der Waals surface area contributed by atoms with E-state index in [4.69, 9.17) is 4.74 Å². The quantitative estimate of drug-likeness (QED) is 0.442. The Morgan fingerprint density at radius 1 is 0.957 bits per heavy atom. The van der Waals surface area contributed by atoms with Gasteiger partial charge in [-0.2, -0.15) is 26.3 Å². The van der Waals surface area contributed by atoms with Gasteiger partial charge in [0.1, 0.15) is 19.0 Å². The van der Waals surface area contributed by atoms with Gasteiger partial charge >= 0.3 is 18.3 Å². The van der Waals surface area contributed by atoms with Crippen LogP contribution in [0.2, 0.25) is 0 Å². The van der Waals surface area contributed by atoms with Crippen molar-refractivity contribution in [1.29, 1.82) is 0 Å². The van der Waals surface area contributed by atoms with E-state index in [2.05, 4.69) is 4.74 Å². The van der Waals surface area contributed by atoms with Crippen LogP contribution in [0.15, 0.2) is 30.3 Å². The summed E-state index contributed by atoms with van der Waals surface area (Å²) in [4.78, 5) is 11.5. The van der Waals surface area contributed by atoms with Gasteiger partial charge in [0, 0.05) is 0 Å². The molecule has 0 bridgehead atoms. The molecule has 130 valence electrons. The molecular formula is C14H14F6O3. The van der Waals surface area contributed by atoms with E-state index >= 15 is 0 Å². The minimum Gasteiger partial charge on any atom is -0.490 e. The molecule has 0 heterocycles. The lowest BCUT2D eigenvalue weighted by atomic mass is 9.83. The van der Waals surface area contributed by atoms with Gasteiger partial charge < -0.3 is 9.47 Å². The van der Waals surface area contributed by atoms with Gasteiger partial charge in [0.05, 0.1) is 0 Å². The second-order valence-corrected chi connectivity index (χ2v) is 4.55. The number of para-hydroxylation sites is 1. The lowest BCUT2D eigenvalue weighted by molar-refractivity contribution is -0.333. The molecule has 9 heteroatoms. The Hall–Kier alpha value is -1.93. The van der Waals surface area contributed by atoms with Gasteiger partial charge in [-0.25, -0.2) is 0 Å². The summed E-state index contributed by atoms with van der Waals surface area (Å²) in [6, 6.07) is 8.00. The third-order valence-electron chi connectivity index (χ3n) is 3.18. The average Bonchev–Trinajstić information content (AvgIpc) is 2.43. The maximum atomic E-state index is 12.8. The van der Waals surface area contributed by atoms with E-state index in [1.165, 1.54) is 12.1 Å². The monoisotopic (exact) mass is 344 g/mol. The Morgan fingerprint density at radius 3 is 1.91 bits per heavy atom. The summed E-state index contributed by atoms with van der Waals surface area (Å²) in [6.07, 6.45) is -13.1. The molecule has 0 aliphatic carbocycles. The largest absolute Gasteiger partial charge is 0.490 e. The van der Waals surface area contributed by atoms with Crippen molar-refractivity contribution < 1.29 is 40.6 Å². The van der Waals surface area contributed by atoms with Gasteiger partial charge in [-0.15, -0.1) is 0 Å². The molecule has 0 amide bonds. The molecule has 3 nitrogen and oxygen atoms in total. The number of hydrogen-bond acceptors (Lipinski definition) is 3. The minimum atomic E-state index is -5.81. The maximum absolute atomic E-state index is 12.8. The highest BCUT2D eigenvalue weighted by molar-refractivity contribution is 5.79. The number of alkyl halides is 6. The van der Waals surface area contributed by atoms with E-state index < -0.39 is 36.8 Å². The van der Waals surface area contributed by atoms with Crippen molar-refractivity contribution in [2.75, 3.05) is 13.2 Å². The van der Waals surface area contributed by atoms with E-state index in [0.717, 1.165) is 0 Å². The molecule has 0 radical (unpaired) electrons. The van der Waals surface area contributed by atoms with Gasteiger partial charge in [-0.05, 0) is 18.6 Å². The highest BCUT2D eigenvalue weighted by atomic mass is 19.4. The Balaban J connectivity index is 2.72. The van der Waals surface area contributed by atoms with E-state index in [9.17, 15) is 31.1 Å². The number of carbonyl (C=O) groups is 1. The first-order valence-electron chi connectivity index (χ1n) is 6.54. The van der Waals surface area contributed by atoms with Gasteiger partial charge in [0.25, 0.3) is 5.41 Å². The summed E-state index contributed by atoms with van der Waals surface area (Å²) in [5.74, 6) is -2.03. The number of benzene rings is 1. The molecule has 0 spiro atoms. The zero-order valence-corrected chi connectivity index (χ0v) is 12.0. The standard InChI is InChI=1S/C14H14F6O3/c1-2-12(13(15,16)17,14(18,19)20)11(21)23-9-8-22-10-6-4-3-5-7-10/h3-7H,2,8-9H2,1H3. The molecule has 1 rings (SSSR count). The maximum Gasteiger partial charge on any atom is 0.413 e. The van der Waals surface area contributed by atoms with Crippen molar-refractivity contribution in [3.05, 3.63) is 30.3 Å². The second-order valence-electron chi connectivity index (χ2n) is 4.55. The van der Waals surface area contributed by atoms with Crippen molar-refractivity contribution >= 4 is 5.97 Å². The summed E-state index contributed by atoms with van der Waals surface area (Å²) < 4.78 is 86.3. The molecule has 0 aromatic heterocycles. The highest BCUT2D eigenvalue weighted by Gasteiger charge is 2.75. The molecule has 0 aliphatic heterocycles. The summed E-state index contributed by atoms with van der Waals surface area (Å²) in [6.45, 7) is -0.477. The topological polar surface area (TPSA) is 35.5 Å². The van der Waals surface area contributed by atoms with Crippen molar-refractivity contribution in [3.8, 4) is 5.75 Å². The minimum absolute atomic E-state index is 0.344. The molecule has 0 saturated carbocycles. The SMILES string of the molecule is CCC(C(=O)OCCOc1ccccc1)(C(F)(F)F)C(F)(F)F. The number of hydrogen-bond donors (Lipinski definition) is 0. The first-order chi connectivity index (χ1) is 10.6. The van der Waals surface area contributed by atoms with Crippen molar-refractivity contribution in [3.63, 3.8) is 0 Å². The zero-order valence-electron chi connectivity index (χ0n) is 12.0. The normalized spacial score (nSPS) is 12.8. The number of rotatable bonds is 6. The van der Waals surface area contributed by atoms with Gasteiger partial charge in [-0.1, -0.05) is 25.1 Å². The first-order valence-corrected chi connectivity index (χ1v) is 6.54. The number of esters is 1. The van der Waals surface area contributed by atoms with Gasteiger partial charge in [0.2, 0.25) is 0 Å². The van der Waals surface area contributed by atoms with Crippen LogP contribution in [0.5, 0.6) is 5.75 Å². The van der Waals surface area contributed by atoms with E-state index in [0.29, 0.717) is 12.7 Å². The summed E-state index contributed by atoms with van der Waals surface area (Å²) in [7, 11) is 0. The summed E-state index contributed by atoms with van der Waals surface area (Å²) in [5.41, 5.74) is -4.53. The number of halogens is 6. The van der Waals surface area contributed by atoms with Crippen LogP contribution in [0.4, 0.5) is 26.3 Å². The second kappa shape index (κ2) is 7.10. The molecule has 1 aromatic rings. The van der Waals surface area contributed by atoms with Crippen LogP contribution in [0.3, 0.4) is 0 Å². The first kappa shape index (κ1) is 19.1. The Bertz CT molecular complexity index is 495. The molecular weight excluding hydrogens is 330 g/mol. The fourth-order valence-electron chi connectivity index (χ4n) is 1.87. The van der Waals surface area contributed by atoms with Gasteiger partial charge in [-0.3, -0.25) is 4.79 Å². The number of ether oxygens (including phenoxy) is 2. The van der Waals surface area contributed by atoms with Crippen LogP contribution in [0.25, 0.3) is 0 Å². The van der Waals surface area contributed by atoms with Crippen LogP contribution in [0, 0.1) is 5.41 Å². The lowest BCUT2D eigenvalue weighted by Gasteiger charge is -2.33. The third kappa shape index (κ3) is 4.08. The van der Waals surface area contributed by atoms with Crippen LogP contribution in [-0.4, -0.2) is 31.5 Å². The summed E-state index contributed by atoms with van der Waals surface area (Å²) >= 11 is 0. The fraction of sp³-hybridized carbons (Fsp3) is 0.500. The van der Waals surface area contributed by atoms with E-state index in [1.807, 2.05) is 0 Å². The molecule has 0 fully saturated rings. The van der Waals surface area contributed by atoms with Crippen LogP contribution < -0.4 is 4.74 Å². The molecule has 0 aliphatic rings. The Kier molecular flexibility index (Phi) is 5.90. The van der Waals surface area contributed by atoms with Crippen LogP contribution >= 0.6 is 0 Å². The predicted molar refractivity (Wildman–Crippen MR) is 67.7 cm³/mol.